The van der Waals surface area contributed by atoms with E-state index in [1.54, 1.807) is 7.11 Å². The number of carbonyl (C=O) groups is 1. The lowest BCUT2D eigenvalue weighted by atomic mass is 9.72. The number of fused-ring (bicyclic) bond motifs is 2. The van der Waals surface area contributed by atoms with Crippen molar-refractivity contribution < 1.29 is 22.9 Å². The van der Waals surface area contributed by atoms with Crippen LogP contribution >= 0.6 is 0 Å². The zero-order chi connectivity index (χ0) is 27.2. The van der Waals surface area contributed by atoms with Gasteiger partial charge in [-0.2, -0.15) is 0 Å². The fourth-order valence-corrected chi connectivity index (χ4v) is 7.39. The normalized spacial score (nSPS) is 23.9. The number of piperidine rings is 1. The Hall–Kier alpha value is -3.18. The number of likely N-dealkylation sites (tertiary alicyclic amines) is 1. The molecule has 0 spiro atoms. The maximum absolute atomic E-state index is 13.6. The van der Waals surface area contributed by atoms with Crippen LogP contribution in [0.15, 0.2) is 41.3 Å². The monoisotopic (exact) mass is 542 g/mol. The molecule has 0 N–H and O–H groups in total. The van der Waals surface area contributed by atoms with E-state index in [1.165, 1.54) is 23.3 Å². The zero-order valence-corrected chi connectivity index (χ0v) is 22.8. The number of carbonyl (C=O) groups excluding carboxylic acids is 1. The number of methoxy groups -OCH3 is 1. The lowest BCUT2D eigenvalue weighted by Crippen LogP contribution is -2.56. The number of hydrogen-bond donors (Lipinski definition) is 0. The molecular weight excluding hydrogens is 508 g/mol. The quantitative estimate of drug-likeness (QED) is 0.418. The third-order valence-electron chi connectivity index (χ3n) is 8.39. The third kappa shape index (κ3) is 4.96. The van der Waals surface area contributed by atoms with E-state index in [0.29, 0.717) is 43.8 Å². The number of amides is 1. The van der Waals surface area contributed by atoms with E-state index in [-0.39, 0.29) is 22.4 Å². The molecule has 5 rings (SSSR count). The second-order valence-corrected chi connectivity index (χ2v) is 12.7. The van der Waals surface area contributed by atoms with Crippen LogP contribution in [0.1, 0.15) is 17.5 Å². The molecule has 2 aromatic carbocycles. The highest BCUT2D eigenvalue weighted by molar-refractivity contribution is 7.90. The topological polar surface area (TPSA) is 113 Å². The summed E-state index contributed by atoms with van der Waals surface area (Å²) >= 11 is 0. The summed E-state index contributed by atoms with van der Waals surface area (Å²) in [5, 5.41) is 11.2. The minimum absolute atomic E-state index is 0.0561. The Morgan fingerprint density at radius 1 is 1.11 bits per heavy atom. The van der Waals surface area contributed by atoms with E-state index < -0.39 is 14.8 Å². The van der Waals surface area contributed by atoms with Crippen molar-refractivity contribution in [1.82, 2.24) is 9.80 Å². The number of benzene rings is 2. The van der Waals surface area contributed by atoms with Gasteiger partial charge in [0.1, 0.15) is 5.75 Å². The first kappa shape index (κ1) is 26.4. The number of anilines is 1. The molecule has 0 radical (unpaired) electrons. The van der Waals surface area contributed by atoms with E-state index in [4.69, 9.17) is 4.74 Å². The summed E-state index contributed by atoms with van der Waals surface area (Å²) in [7, 11) is 0.146. The highest BCUT2D eigenvalue weighted by Gasteiger charge is 2.42. The van der Waals surface area contributed by atoms with E-state index in [1.807, 2.05) is 21.9 Å². The van der Waals surface area contributed by atoms with Gasteiger partial charge in [0, 0.05) is 57.2 Å². The zero-order valence-electron chi connectivity index (χ0n) is 22.0. The molecule has 38 heavy (non-hydrogen) atoms. The van der Waals surface area contributed by atoms with Crippen LogP contribution < -0.4 is 9.64 Å². The van der Waals surface area contributed by atoms with Gasteiger partial charge in [0.15, 0.2) is 9.84 Å². The second-order valence-electron chi connectivity index (χ2n) is 10.7. The molecule has 1 aliphatic carbocycles. The van der Waals surface area contributed by atoms with E-state index in [9.17, 15) is 23.3 Å². The molecule has 0 unspecified atom stereocenters. The molecule has 2 fully saturated rings. The smallest absolute Gasteiger partial charge is 0.270 e. The van der Waals surface area contributed by atoms with Gasteiger partial charge in [-0.3, -0.25) is 14.9 Å². The van der Waals surface area contributed by atoms with E-state index in [2.05, 4.69) is 18.0 Å². The number of non-ortho nitro benzene ring substituents is 1. The van der Waals surface area contributed by atoms with Crippen molar-refractivity contribution in [2.75, 3.05) is 58.0 Å². The maximum atomic E-state index is 13.6. The molecule has 1 amide bonds. The van der Waals surface area contributed by atoms with Crippen molar-refractivity contribution in [1.29, 1.82) is 0 Å². The number of nitro benzene ring substituents is 1. The maximum Gasteiger partial charge on any atom is 0.270 e. The minimum Gasteiger partial charge on any atom is -0.496 e. The van der Waals surface area contributed by atoms with Gasteiger partial charge in [-0.15, -0.1) is 0 Å². The van der Waals surface area contributed by atoms with Crippen molar-refractivity contribution in [2.45, 2.75) is 30.2 Å². The summed E-state index contributed by atoms with van der Waals surface area (Å²) in [6.07, 6.45) is 3.76. The van der Waals surface area contributed by atoms with Gasteiger partial charge in [-0.05, 0) is 55.5 Å². The van der Waals surface area contributed by atoms with Crippen LogP contribution in [0.5, 0.6) is 5.75 Å². The molecule has 3 aliphatic rings. The highest BCUT2D eigenvalue weighted by atomic mass is 32.2. The molecule has 10 nitrogen and oxygen atoms in total. The van der Waals surface area contributed by atoms with Crippen LogP contribution in [0.2, 0.25) is 0 Å². The average molecular weight is 543 g/mol. The standard InChI is InChI=1S/C27H34N4O6S/c1-28-17-20(13-19-14-22-18(15-24(19)28)5-4-6-25(22)37-2)27(32)30-11-9-29(10-12-30)23-8-7-21(31(33)34)16-26(23)38(3,35)36/h4-8,16,19-20,24H,9-15,17H2,1-3H3/t19-,20-,24-/m1/s1. The fourth-order valence-electron chi connectivity index (χ4n) is 6.47. The Balaban J connectivity index is 1.27. The highest BCUT2D eigenvalue weighted by Crippen LogP contribution is 2.40. The van der Waals surface area contributed by atoms with Gasteiger partial charge < -0.3 is 19.4 Å². The summed E-state index contributed by atoms with van der Waals surface area (Å²) in [6.45, 7) is 2.60. The molecule has 204 valence electrons. The van der Waals surface area contributed by atoms with E-state index in [0.717, 1.165) is 43.9 Å². The first-order valence-corrected chi connectivity index (χ1v) is 14.8. The molecule has 0 bridgehead atoms. The first-order chi connectivity index (χ1) is 18.1. The molecule has 0 saturated carbocycles. The van der Waals surface area contributed by atoms with Gasteiger partial charge >= 0.3 is 0 Å². The Labute approximate surface area is 223 Å². The van der Waals surface area contributed by atoms with Crippen molar-refractivity contribution in [2.24, 2.45) is 11.8 Å². The van der Waals surface area contributed by atoms with Crippen molar-refractivity contribution in [3.05, 3.63) is 57.6 Å². The number of sulfone groups is 1. The number of ether oxygens (including phenoxy) is 1. The molecule has 2 aliphatic heterocycles. The van der Waals surface area contributed by atoms with Gasteiger partial charge in [-0.1, -0.05) is 12.1 Å². The van der Waals surface area contributed by atoms with Crippen molar-refractivity contribution in [3.63, 3.8) is 0 Å². The van der Waals surface area contributed by atoms with Gasteiger partial charge in [0.05, 0.1) is 28.5 Å². The Kier molecular flexibility index (Phi) is 7.08. The van der Waals surface area contributed by atoms with Crippen LogP contribution in [-0.4, -0.2) is 88.2 Å². The fraction of sp³-hybridized carbons (Fsp3) is 0.519. The lowest BCUT2D eigenvalue weighted by molar-refractivity contribution is -0.385. The van der Waals surface area contributed by atoms with Crippen LogP contribution in [-0.2, 0) is 27.5 Å². The lowest BCUT2D eigenvalue weighted by Gasteiger charge is -2.47. The Morgan fingerprint density at radius 3 is 2.50 bits per heavy atom. The molecule has 2 heterocycles. The predicted molar refractivity (Wildman–Crippen MR) is 143 cm³/mol. The molecule has 0 aromatic heterocycles. The summed E-state index contributed by atoms with van der Waals surface area (Å²) in [5.41, 5.74) is 2.78. The molecule has 3 atom stereocenters. The van der Waals surface area contributed by atoms with Gasteiger partial charge in [-0.25, -0.2) is 8.42 Å². The largest absolute Gasteiger partial charge is 0.496 e. The molecule has 11 heteroatoms. The number of nitrogens with zero attached hydrogens (tertiary/aromatic N) is 4. The molecular formula is C27H34N4O6S. The summed E-state index contributed by atoms with van der Waals surface area (Å²) in [5.74, 6) is 1.36. The number of nitro groups is 1. The SMILES string of the molecule is COc1cccc2c1C[C@H]1C[C@@H](C(=O)N3CCN(c4ccc([N+](=O)[O-])cc4S(C)(=O)=O)CC3)CN(C)[C@@H]1C2. The second kappa shape index (κ2) is 10.2. The van der Waals surface area contributed by atoms with Crippen LogP contribution in [0.3, 0.4) is 0 Å². The number of rotatable bonds is 5. The average Bonchev–Trinajstić information content (AvgIpc) is 2.90. The van der Waals surface area contributed by atoms with E-state index >= 15 is 0 Å². The van der Waals surface area contributed by atoms with Crippen LogP contribution in [0.4, 0.5) is 11.4 Å². The van der Waals surface area contributed by atoms with Gasteiger partial charge in [0.2, 0.25) is 5.91 Å². The summed E-state index contributed by atoms with van der Waals surface area (Å²) in [6, 6.07) is 10.6. The number of likely N-dealkylation sites (N-methyl/N-ethyl adjacent to an activating group) is 1. The van der Waals surface area contributed by atoms with Gasteiger partial charge in [0.25, 0.3) is 5.69 Å². The summed E-state index contributed by atoms with van der Waals surface area (Å²) < 4.78 is 30.4. The molecule has 2 saturated heterocycles. The Bertz CT molecular complexity index is 1360. The first-order valence-electron chi connectivity index (χ1n) is 12.9. The van der Waals surface area contributed by atoms with Crippen molar-refractivity contribution >= 4 is 27.1 Å². The van der Waals surface area contributed by atoms with Crippen molar-refractivity contribution in [3.8, 4) is 5.75 Å². The third-order valence-corrected chi connectivity index (χ3v) is 9.51. The minimum atomic E-state index is -3.67. The van der Waals surface area contributed by atoms with Crippen LogP contribution in [0, 0.1) is 22.0 Å². The number of piperazine rings is 1. The number of hydrogen-bond acceptors (Lipinski definition) is 8. The van der Waals surface area contributed by atoms with Crippen LogP contribution in [0.25, 0.3) is 0 Å². The molecule has 2 aromatic rings. The predicted octanol–water partition coefficient (Wildman–Crippen LogP) is 2.39. The Morgan fingerprint density at radius 2 is 1.84 bits per heavy atom. The summed E-state index contributed by atoms with van der Waals surface area (Å²) in [4.78, 5) is 30.3.